The largest absolute Gasteiger partial charge is 0.484 e. The molecule has 20 heavy (non-hydrogen) atoms. The highest BCUT2D eigenvalue weighted by Gasteiger charge is 2.09. The molecule has 1 N–H and O–H groups in total. The van der Waals surface area contributed by atoms with Crippen molar-refractivity contribution in [1.82, 2.24) is 5.32 Å². The number of hydrogen-bond acceptors (Lipinski definition) is 2. The summed E-state index contributed by atoms with van der Waals surface area (Å²) in [6, 6.07) is 8.27. The van der Waals surface area contributed by atoms with Gasteiger partial charge in [-0.15, -0.1) is 0 Å². The van der Waals surface area contributed by atoms with Gasteiger partial charge in [-0.1, -0.05) is 39.8 Å². The topological polar surface area (TPSA) is 38.3 Å². The van der Waals surface area contributed by atoms with Gasteiger partial charge in [0, 0.05) is 6.04 Å². The van der Waals surface area contributed by atoms with Gasteiger partial charge in [-0.2, -0.15) is 0 Å². The maximum Gasteiger partial charge on any atom is 0.258 e. The Kier molecular flexibility index (Phi) is 7.13. The van der Waals surface area contributed by atoms with Gasteiger partial charge in [-0.05, 0) is 42.9 Å². The van der Waals surface area contributed by atoms with E-state index in [1.165, 1.54) is 5.56 Å². The molecule has 1 aromatic rings. The maximum absolute atomic E-state index is 11.7. The van der Waals surface area contributed by atoms with Crippen molar-refractivity contribution in [3.8, 4) is 5.75 Å². The molecule has 3 heteroatoms. The summed E-state index contributed by atoms with van der Waals surface area (Å²) in [6.07, 6.45) is 3.02. The van der Waals surface area contributed by atoms with Crippen LogP contribution >= 0.6 is 0 Å². The second kappa shape index (κ2) is 8.62. The molecule has 112 valence electrons. The lowest BCUT2D eigenvalue weighted by atomic mass is 9.99. The van der Waals surface area contributed by atoms with E-state index in [1.807, 2.05) is 12.1 Å². The Balaban J connectivity index is 2.43. The lowest BCUT2D eigenvalue weighted by Gasteiger charge is -2.15. The Labute approximate surface area is 122 Å². The molecule has 3 nitrogen and oxygen atoms in total. The minimum atomic E-state index is -0.0512. The monoisotopic (exact) mass is 277 g/mol. The number of carbonyl (C=O) groups is 1. The van der Waals surface area contributed by atoms with Crippen molar-refractivity contribution >= 4 is 5.91 Å². The van der Waals surface area contributed by atoms with Gasteiger partial charge in [-0.25, -0.2) is 0 Å². The molecule has 1 aromatic carbocycles. The lowest BCUT2D eigenvalue weighted by molar-refractivity contribution is -0.123. The Bertz CT molecular complexity index is 396. The lowest BCUT2D eigenvalue weighted by Crippen LogP contribution is -2.37. The first kappa shape index (κ1) is 16.5. The molecule has 1 amide bonds. The Hall–Kier alpha value is -1.51. The van der Waals surface area contributed by atoms with Crippen molar-refractivity contribution in [2.75, 3.05) is 6.61 Å². The van der Waals surface area contributed by atoms with E-state index in [-0.39, 0.29) is 18.6 Å². The van der Waals surface area contributed by atoms with Gasteiger partial charge in [0.1, 0.15) is 5.75 Å². The number of amides is 1. The third-order valence-corrected chi connectivity index (χ3v) is 3.78. The van der Waals surface area contributed by atoms with E-state index in [0.717, 1.165) is 25.0 Å². The van der Waals surface area contributed by atoms with E-state index in [0.29, 0.717) is 5.92 Å². The predicted molar refractivity (Wildman–Crippen MR) is 83.2 cm³/mol. The number of nitrogens with one attached hydrogen (secondary N) is 1. The molecule has 0 fully saturated rings. The number of benzene rings is 1. The molecule has 0 bridgehead atoms. The molecule has 0 aliphatic carbocycles. The van der Waals surface area contributed by atoms with Crippen LogP contribution in [0.25, 0.3) is 0 Å². The summed E-state index contributed by atoms with van der Waals surface area (Å²) in [5.41, 5.74) is 1.31. The molecular weight excluding hydrogens is 250 g/mol. The van der Waals surface area contributed by atoms with Gasteiger partial charge < -0.3 is 10.1 Å². The molecule has 0 saturated carbocycles. The van der Waals surface area contributed by atoms with Gasteiger partial charge in [0.2, 0.25) is 0 Å². The summed E-state index contributed by atoms with van der Waals surface area (Å²) in [5.74, 6) is 1.25. The van der Waals surface area contributed by atoms with E-state index in [2.05, 4.69) is 45.1 Å². The van der Waals surface area contributed by atoms with E-state index < -0.39 is 0 Å². The molecule has 0 heterocycles. The normalized spacial score (nSPS) is 12.2. The van der Waals surface area contributed by atoms with Crippen molar-refractivity contribution in [3.05, 3.63) is 29.8 Å². The quantitative estimate of drug-likeness (QED) is 0.783. The van der Waals surface area contributed by atoms with Crippen LogP contribution in [-0.2, 0) is 4.79 Å². The van der Waals surface area contributed by atoms with Gasteiger partial charge in [0.15, 0.2) is 6.61 Å². The Morgan fingerprint density at radius 3 is 2.20 bits per heavy atom. The molecule has 0 saturated heterocycles. The fourth-order valence-corrected chi connectivity index (χ4v) is 2.04. The molecular formula is C17H27NO2. The van der Waals surface area contributed by atoms with Crippen LogP contribution in [0.15, 0.2) is 24.3 Å². The number of rotatable bonds is 8. The summed E-state index contributed by atoms with van der Waals surface area (Å²) in [6.45, 7) is 8.61. The molecule has 0 aliphatic heterocycles. The van der Waals surface area contributed by atoms with E-state index in [9.17, 15) is 4.79 Å². The summed E-state index contributed by atoms with van der Waals surface area (Å²) in [7, 11) is 0. The summed E-state index contributed by atoms with van der Waals surface area (Å²) >= 11 is 0. The van der Waals surface area contributed by atoms with Gasteiger partial charge in [0.05, 0.1) is 0 Å². The van der Waals surface area contributed by atoms with Crippen molar-refractivity contribution in [1.29, 1.82) is 0 Å². The second-order valence-corrected chi connectivity index (χ2v) is 5.25. The maximum atomic E-state index is 11.7. The smallest absolute Gasteiger partial charge is 0.258 e. The number of hydrogen-bond donors (Lipinski definition) is 1. The highest BCUT2D eigenvalue weighted by Crippen LogP contribution is 2.21. The average molecular weight is 277 g/mol. The zero-order valence-electron chi connectivity index (χ0n) is 13.1. The fourth-order valence-electron chi connectivity index (χ4n) is 2.04. The minimum Gasteiger partial charge on any atom is -0.484 e. The molecule has 1 unspecified atom stereocenters. The first-order valence-corrected chi connectivity index (χ1v) is 7.62. The average Bonchev–Trinajstić information content (AvgIpc) is 2.50. The Morgan fingerprint density at radius 2 is 1.70 bits per heavy atom. The molecule has 0 aliphatic rings. The molecule has 0 aromatic heterocycles. The van der Waals surface area contributed by atoms with Gasteiger partial charge >= 0.3 is 0 Å². The van der Waals surface area contributed by atoms with Crippen LogP contribution in [0.1, 0.15) is 58.4 Å². The Morgan fingerprint density at radius 1 is 1.10 bits per heavy atom. The molecule has 1 atom stereocenters. The highest BCUT2D eigenvalue weighted by atomic mass is 16.5. The number of carbonyl (C=O) groups excluding carboxylic acids is 1. The second-order valence-electron chi connectivity index (χ2n) is 5.25. The number of ether oxygens (including phenoxy) is 1. The van der Waals surface area contributed by atoms with E-state index >= 15 is 0 Å². The van der Waals surface area contributed by atoms with Crippen molar-refractivity contribution in [2.45, 2.75) is 58.9 Å². The van der Waals surface area contributed by atoms with Gasteiger partial charge in [-0.3, -0.25) is 4.79 Å². The van der Waals surface area contributed by atoms with Crippen LogP contribution < -0.4 is 10.1 Å². The van der Waals surface area contributed by atoms with Crippen LogP contribution in [-0.4, -0.2) is 18.6 Å². The summed E-state index contributed by atoms with van der Waals surface area (Å²) in [4.78, 5) is 11.7. The van der Waals surface area contributed by atoms with Crippen molar-refractivity contribution in [3.63, 3.8) is 0 Å². The summed E-state index contributed by atoms with van der Waals surface area (Å²) < 4.78 is 5.51. The van der Waals surface area contributed by atoms with E-state index in [1.54, 1.807) is 0 Å². The van der Waals surface area contributed by atoms with Crippen molar-refractivity contribution in [2.24, 2.45) is 0 Å². The third-order valence-electron chi connectivity index (χ3n) is 3.78. The SMILES string of the molecule is CCC(CC)NC(=O)COc1ccc(C(C)CC)cc1. The fraction of sp³-hybridized carbons (Fsp3) is 0.588. The van der Waals surface area contributed by atoms with Crippen molar-refractivity contribution < 1.29 is 9.53 Å². The highest BCUT2D eigenvalue weighted by molar-refractivity contribution is 5.77. The van der Waals surface area contributed by atoms with Crippen LogP contribution in [0.2, 0.25) is 0 Å². The zero-order chi connectivity index (χ0) is 15.0. The van der Waals surface area contributed by atoms with Crippen LogP contribution in [0.3, 0.4) is 0 Å². The van der Waals surface area contributed by atoms with Gasteiger partial charge in [0.25, 0.3) is 5.91 Å². The van der Waals surface area contributed by atoms with E-state index in [4.69, 9.17) is 4.74 Å². The van der Waals surface area contributed by atoms with Crippen LogP contribution in [0, 0.1) is 0 Å². The summed E-state index contributed by atoms with van der Waals surface area (Å²) in [5, 5.41) is 2.96. The standard InChI is InChI=1S/C17H27NO2/c1-5-13(4)14-8-10-16(11-9-14)20-12-17(19)18-15(6-2)7-3/h8-11,13,15H,5-7,12H2,1-4H3,(H,18,19). The molecule has 1 rings (SSSR count). The first-order chi connectivity index (χ1) is 9.60. The molecule has 0 radical (unpaired) electrons. The third kappa shape index (κ3) is 5.24. The predicted octanol–water partition coefficient (Wildman–Crippen LogP) is 3.88. The van der Waals surface area contributed by atoms with Crippen LogP contribution in [0.5, 0.6) is 5.75 Å². The minimum absolute atomic E-state index is 0.0512. The van der Waals surface area contributed by atoms with Crippen LogP contribution in [0.4, 0.5) is 0 Å². The molecule has 0 spiro atoms. The first-order valence-electron chi connectivity index (χ1n) is 7.62. The zero-order valence-corrected chi connectivity index (χ0v) is 13.1.